The van der Waals surface area contributed by atoms with E-state index in [2.05, 4.69) is 34.1 Å². The van der Waals surface area contributed by atoms with Crippen molar-refractivity contribution < 1.29 is 4.74 Å². The monoisotopic (exact) mass is 271 g/mol. The van der Waals surface area contributed by atoms with Crippen LogP contribution in [0.5, 0.6) is 5.75 Å². The van der Waals surface area contributed by atoms with E-state index in [0.717, 1.165) is 51.5 Å². The van der Waals surface area contributed by atoms with Crippen molar-refractivity contribution in [3.05, 3.63) is 29.3 Å². The van der Waals surface area contributed by atoms with Crippen LogP contribution in [0.25, 0.3) is 0 Å². The zero-order chi connectivity index (χ0) is 13.9. The van der Waals surface area contributed by atoms with Crippen LogP contribution in [0.4, 0.5) is 0 Å². The minimum Gasteiger partial charge on any atom is -0.493 e. The normalized spacial score (nSPS) is 21.0. The highest BCUT2D eigenvalue weighted by Gasteiger charge is 2.21. The molecule has 2 heterocycles. The first-order valence-corrected chi connectivity index (χ1v) is 7.37. The van der Waals surface area contributed by atoms with E-state index < -0.39 is 0 Å². The van der Waals surface area contributed by atoms with Gasteiger partial charge in [0.05, 0.1) is 18.7 Å². The molecule has 1 atom stereocenters. The number of piperazine rings is 1. The van der Waals surface area contributed by atoms with Gasteiger partial charge in [0.15, 0.2) is 0 Å². The van der Waals surface area contributed by atoms with E-state index in [-0.39, 0.29) is 6.04 Å². The Morgan fingerprint density at radius 3 is 2.85 bits per heavy atom. The Morgan fingerprint density at radius 2 is 2.10 bits per heavy atom. The lowest BCUT2D eigenvalue weighted by atomic mass is 10.1. The van der Waals surface area contributed by atoms with Crippen LogP contribution in [0.3, 0.4) is 0 Å². The van der Waals surface area contributed by atoms with E-state index in [4.69, 9.17) is 10.00 Å². The summed E-state index contributed by atoms with van der Waals surface area (Å²) in [4.78, 5) is 4.73. The fourth-order valence-corrected chi connectivity index (χ4v) is 2.99. The molecule has 2 aliphatic rings. The largest absolute Gasteiger partial charge is 0.493 e. The highest BCUT2D eigenvalue weighted by atomic mass is 16.5. The molecule has 4 nitrogen and oxygen atoms in total. The predicted molar refractivity (Wildman–Crippen MR) is 77.6 cm³/mol. The van der Waals surface area contributed by atoms with Gasteiger partial charge in [-0.15, -0.1) is 0 Å². The van der Waals surface area contributed by atoms with E-state index in [0.29, 0.717) is 0 Å². The third-order valence-electron chi connectivity index (χ3n) is 4.30. The average molecular weight is 271 g/mol. The summed E-state index contributed by atoms with van der Waals surface area (Å²) in [5.41, 5.74) is 2.72. The maximum atomic E-state index is 8.96. The van der Waals surface area contributed by atoms with Gasteiger partial charge in [-0.3, -0.25) is 9.80 Å². The molecule has 2 aliphatic heterocycles. The van der Waals surface area contributed by atoms with Crippen LogP contribution < -0.4 is 4.74 Å². The summed E-state index contributed by atoms with van der Waals surface area (Å²) < 4.78 is 5.55. The molecule has 0 amide bonds. The molecule has 0 aliphatic carbocycles. The highest BCUT2D eigenvalue weighted by molar-refractivity contribution is 5.39. The van der Waals surface area contributed by atoms with Crippen molar-refractivity contribution in [2.24, 2.45) is 0 Å². The van der Waals surface area contributed by atoms with Gasteiger partial charge in [-0.1, -0.05) is 12.1 Å². The number of nitrogens with zero attached hydrogens (tertiary/aromatic N) is 3. The molecule has 0 unspecified atom stereocenters. The fourth-order valence-electron chi connectivity index (χ4n) is 2.99. The second kappa shape index (κ2) is 5.82. The molecule has 20 heavy (non-hydrogen) atoms. The SMILES string of the molecule is C[C@@H](C#N)N1CCN(Cc2ccc3c(c2)CCO3)CC1. The zero-order valence-corrected chi connectivity index (χ0v) is 12.0. The van der Waals surface area contributed by atoms with E-state index in [1.54, 1.807) is 0 Å². The van der Waals surface area contributed by atoms with Crippen LogP contribution in [0.2, 0.25) is 0 Å². The van der Waals surface area contributed by atoms with Crippen molar-refractivity contribution in [1.82, 2.24) is 9.80 Å². The maximum Gasteiger partial charge on any atom is 0.122 e. The van der Waals surface area contributed by atoms with Crippen LogP contribution in [0.1, 0.15) is 18.1 Å². The molecule has 0 bridgehead atoms. The third-order valence-corrected chi connectivity index (χ3v) is 4.30. The minimum atomic E-state index is 0.0364. The van der Waals surface area contributed by atoms with Gasteiger partial charge < -0.3 is 4.74 Å². The van der Waals surface area contributed by atoms with E-state index in [9.17, 15) is 0 Å². The van der Waals surface area contributed by atoms with Gasteiger partial charge in [-0.25, -0.2) is 0 Å². The smallest absolute Gasteiger partial charge is 0.122 e. The second-order valence-electron chi connectivity index (χ2n) is 5.66. The van der Waals surface area contributed by atoms with Crippen LogP contribution in [0.15, 0.2) is 18.2 Å². The topological polar surface area (TPSA) is 39.5 Å². The zero-order valence-electron chi connectivity index (χ0n) is 12.0. The maximum absolute atomic E-state index is 8.96. The summed E-state index contributed by atoms with van der Waals surface area (Å²) in [6.07, 6.45) is 1.04. The summed E-state index contributed by atoms with van der Waals surface area (Å²) >= 11 is 0. The number of rotatable bonds is 3. The number of benzene rings is 1. The fraction of sp³-hybridized carbons (Fsp3) is 0.562. The second-order valence-corrected chi connectivity index (χ2v) is 5.66. The molecule has 1 saturated heterocycles. The Labute approximate surface area is 120 Å². The molecule has 106 valence electrons. The van der Waals surface area contributed by atoms with Gasteiger partial charge in [-0.05, 0) is 24.1 Å². The number of hydrogen-bond donors (Lipinski definition) is 0. The molecule has 0 radical (unpaired) electrons. The first kappa shape index (κ1) is 13.4. The third kappa shape index (κ3) is 2.79. The van der Waals surface area contributed by atoms with Gasteiger partial charge in [0, 0.05) is 39.1 Å². The van der Waals surface area contributed by atoms with Gasteiger partial charge >= 0.3 is 0 Å². The molecule has 1 aromatic carbocycles. The van der Waals surface area contributed by atoms with Crippen molar-refractivity contribution in [2.75, 3.05) is 32.8 Å². The Morgan fingerprint density at radius 1 is 1.30 bits per heavy atom. The van der Waals surface area contributed by atoms with Gasteiger partial charge in [-0.2, -0.15) is 5.26 Å². The molecule has 0 N–H and O–H groups in total. The first-order valence-electron chi connectivity index (χ1n) is 7.37. The Hall–Kier alpha value is -1.57. The molecule has 1 fully saturated rings. The summed E-state index contributed by atoms with van der Waals surface area (Å²) in [5.74, 6) is 1.06. The number of ether oxygens (including phenoxy) is 1. The van der Waals surface area contributed by atoms with Gasteiger partial charge in [0.1, 0.15) is 5.75 Å². The molecular formula is C16H21N3O. The quantitative estimate of drug-likeness (QED) is 0.838. The summed E-state index contributed by atoms with van der Waals surface area (Å²) in [5, 5.41) is 8.96. The highest BCUT2D eigenvalue weighted by Crippen LogP contribution is 2.26. The van der Waals surface area contributed by atoms with Crippen molar-refractivity contribution in [3.8, 4) is 11.8 Å². The van der Waals surface area contributed by atoms with Crippen molar-refractivity contribution >= 4 is 0 Å². The van der Waals surface area contributed by atoms with Crippen molar-refractivity contribution in [2.45, 2.75) is 25.9 Å². The standard InChI is InChI=1S/C16H21N3O/c1-13(11-17)19-7-5-18(6-8-19)12-14-2-3-16-15(10-14)4-9-20-16/h2-3,10,13H,4-9,12H2,1H3/t13-/m0/s1. The Balaban J connectivity index is 1.56. The lowest BCUT2D eigenvalue weighted by molar-refractivity contribution is 0.114. The summed E-state index contributed by atoms with van der Waals surface area (Å²) in [6.45, 7) is 7.87. The number of fused-ring (bicyclic) bond motifs is 1. The van der Waals surface area contributed by atoms with Gasteiger partial charge in [0.2, 0.25) is 0 Å². The molecular weight excluding hydrogens is 250 g/mol. The lowest BCUT2D eigenvalue weighted by Crippen LogP contribution is -2.48. The van der Waals surface area contributed by atoms with E-state index in [1.807, 2.05) is 6.92 Å². The van der Waals surface area contributed by atoms with Crippen molar-refractivity contribution in [3.63, 3.8) is 0 Å². The lowest BCUT2D eigenvalue weighted by Gasteiger charge is -2.35. The van der Waals surface area contributed by atoms with Crippen LogP contribution in [0, 0.1) is 11.3 Å². The Bertz CT molecular complexity index is 515. The van der Waals surface area contributed by atoms with Crippen LogP contribution >= 0.6 is 0 Å². The molecule has 3 rings (SSSR count). The van der Waals surface area contributed by atoms with Crippen LogP contribution in [-0.2, 0) is 13.0 Å². The summed E-state index contributed by atoms with van der Waals surface area (Å²) in [6, 6.07) is 8.92. The van der Waals surface area contributed by atoms with Gasteiger partial charge in [0.25, 0.3) is 0 Å². The van der Waals surface area contributed by atoms with Crippen molar-refractivity contribution in [1.29, 1.82) is 5.26 Å². The number of nitriles is 1. The number of hydrogen-bond acceptors (Lipinski definition) is 4. The Kier molecular flexibility index (Phi) is 3.90. The molecule has 1 aromatic rings. The average Bonchev–Trinajstić information content (AvgIpc) is 2.95. The first-order chi connectivity index (χ1) is 9.76. The minimum absolute atomic E-state index is 0.0364. The predicted octanol–water partition coefficient (Wildman–Crippen LogP) is 1.65. The molecule has 4 heteroatoms. The summed E-state index contributed by atoms with van der Waals surface area (Å²) in [7, 11) is 0. The van der Waals surface area contributed by atoms with E-state index in [1.165, 1.54) is 11.1 Å². The molecule has 0 saturated carbocycles. The molecule has 0 aromatic heterocycles. The van der Waals surface area contributed by atoms with E-state index >= 15 is 0 Å². The van der Waals surface area contributed by atoms with Crippen LogP contribution in [-0.4, -0.2) is 48.6 Å². The molecule has 0 spiro atoms.